The molecule has 0 spiro atoms. The minimum absolute atomic E-state index is 0.00824. The van der Waals surface area contributed by atoms with Crippen LogP contribution < -0.4 is 5.73 Å². The summed E-state index contributed by atoms with van der Waals surface area (Å²) in [5.41, 5.74) is 7.93. The van der Waals surface area contributed by atoms with E-state index in [0.29, 0.717) is 6.54 Å². The highest BCUT2D eigenvalue weighted by molar-refractivity contribution is 5.75. The summed E-state index contributed by atoms with van der Waals surface area (Å²) in [6.45, 7) is 2.41. The zero-order chi connectivity index (χ0) is 12.5. The molecule has 18 heavy (non-hydrogen) atoms. The highest BCUT2D eigenvalue weighted by atomic mass is 16.3. The summed E-state index contributed by atoms with van der Waals surface area (Å²) in [5, 5.41) is 0. The topological polar surface area (TPSA) is 57.0 Å². The fourth-order valence-corrected chi connectivity index (χ4v) is 2.23. The summed E-state index contributed by atoms with van der Waals surface area (Å²) >= 11 is 0. The second-order valence-electron chi connectivity index (χ2n) is 4.34. The van der Waals surface area contributed by atoms with E-state index in [-0.39, 0.29) is 6.04 Å². The van der Waals surface area contributed by atoms with Crippen molar-refractivity contribution in [3.05, 3.63) is 54.2 Å². The van der Waals surface area contributed by atoms with Crippen molar-refractivity contribution < 1.29 is 4.42 Å². The molecule has 4 heteroatoms. The van der Waals surface area contributed by atoms with Crippen LogP contribution in [0.25, 0.3) is 11.0 Å². The van der Waals surface area contributed by atoms with Crippen molar-refractivity contribution in [1.82, 2.24) is 9.55 Å². The minimum atomic E-state index is -0.00824. The van der Waals surface area contributed by atoms with Gasteiger partial charge < -0.3 is 14.7 Å². The largest absolute Gasteiger partial charge is 0.464 e. The summed E-state index contributed by atoms with van der Waals surface area (Å²) in [6.07, 6.45) is 1.82. The smallest absolute Gasteiger partial charge is 0.128 e. The van der Waals surface area contributed by atoms with E-state index < -0.39 is 0 Å². The third-order valence-electron chi connectivity index (χ3n) is 3.13. The summed E-state index contributed by atoms with van der Waals surface area (Å²) in [4.78, 5) is 4.39. The number of imidazole rings is 1. The highest BCUT2D eigenvalue weighted by Gasteiger charge is 2.17. The van der Waals surface area contributed by atoms with Crippen molar-refractivity contribution in [2.75, 3.05) is 6.54 Å². The van der Waals surface area contributed by atoms with Crippen molar-refractivity contribution in [2.24, 2.45) is 5.73 Å². The Kier molecular flexibility index (Phi) is 2.64. The third-order valence-corrected chi connectivity index (χ3v) is 3.13. The van der Waals surface area contributed by atoms with Crippen LogP contribution in [0, 0.1) is 6.92 Å². The molecule has 0 saturated heterocycles. The SMILES string of the molecule is Cc1ccc(C(CN)n2cnc3ccccc32)o1. The quantitative estimate of drug-likeness (QED) is 0.766. The van der Waals surface area contributed by atoms with Gasteiger partial charge in [-0.15, -0.1) is 0 Å². The predicted octanol–water partition coefficient (Wildman–Crippen LogP) is 2.49. The fraction of sp³-hybridized carbons (Fsp3) is 0.214. The molecule has 3 aromatic rings. The zero-order valence-corrected chi connectivity index (χ0v) is 10.2. The van der Waals surface area contributed by atoms with Crippen molar-refractivity contribution in [1.29, 1.82) is 0 Å². The van der Waals surface area contributed by atoms with Crippen LogP contribution in [0.3, 0.4) is 0 Å². The summed E-state index contributed by atoms with van der Waals surface area (Å²) in [6, 6.07) is 11.9. The molecule has 0 aliphatic rings. The van der Waals surface area contributed by atoms with Gasteiger partial charge in [0, 0.05) is 6.54 Å². The van der Waals surface area contributed by atoms with Gasteiger partial charge in [0.2, 0.25) is 0 Å². The first-order valence-electron chi connectivity index (χ1n) is 5.97. The average Bonchev–Trinajstić information content (AvgIpc) is 2.98. The Bertz CT molecular complexity index is 668. The Hall–Kier alpha value is -2.07. The van der Waals surface area contributed by atoms with E-state index in [4.69, 9.17) is 10.2 Å². The van der Waals surface area contributed by atoms with Gasteiger partial charge in [-0.1, -0.05) is 12.1 Å². The molecule has 1 atom stereocenters. The number of hydrogen-bond acceptors (Lipinski definition) is 3. The second-order valence-corrected chi connectivity index (χ2v) is 4.34. The maximum atomic E-state index is 5.89. The van der Waals surface area contributed by atoms with E-state index in [1.807, 2.05) is 49.6 Å². The van der Waals surface area contributed by atoms with Crippen LogP contribution in [0.2, 0.25) is 0 Å². The van der Waals surface area contributed by atoms with Crippen LogP contribution in [0.15, 0.2) is 47.1 Å². The Morgan fingerprint density at radius 2 is 2.11 bits per heavy atom. The number of rotatable bonds is 3. The van der Waals surface area contributed by atoms with E-state index in [1.54, 1.807) is 0 Å². The zero-order valence-electron chi connectivity index (χ0n) is 10.2. The maximum absolute atomic E-state index is 5.89. The summed E-state index contributed by atoms with van der Waals surface area (Å²) in [7, 11) is 0. The molecule has 1 unspecified atom stereocenters. The Morgan fingerprint density at radius 3 is 2.83 bits per heavy atom. The van der Waals surface area contributed by atoms with Crippen molar-refractivity contribution >= 4 is 11.0 Å². The van der Waals surface area contributed by atoms with Gasteiger partial charge in [0.25, 0.3) is 0 Å². The first-order valence-corrected chi connectivity index (χ1v) is 5.97. The molecule has 0 fully saturated rings. The van der Waals surface area contributed by atoms with Gasteiger partial charge in [0.1, 0.15) is 17.6 Å². The lowest BCUT2D eigenvalue weighted by Crippen LogP contribution is -2.19. The van der Waals surface area contributed by atoms with Crippen molar-refractivity contribution in [2.45, 2.75) is 13.0 Å². The van der Waals surface area contributed by atoms with E-state index in [2.05, 4.69) is 9.55 Å². The minimum Gasteiger partial charge on any atom is -0.464 e. The maximum Gasteiger partial charge on any atom is 0.128 e. The van der Waals surface area contributed by atoms with Crippen molar-refractivity contribution in [3.63, 3.8) is 0 Å². The molecule has 0 saturated carbocycles. The summed E-state index contributed by atoms with van der Waals surface area (Å²) in [5.74, 6) is 1.77. The number of aromatic nitrogens is 2. The van der Waals surface area contributed by atoms with Crippen LogP contribution in [0.1, 0.15) is 17.6 Å². The first-order chi connectivity index (χ1) is 8.79. The number of aryl methyl sites for hydroxylation is 1. The standard InChI is InChI=1S/C14H15N3O/c1-10-6-7-14(18-10)13(8-15)17-9-16-11-4-2-3-5-12(11)17/h2-7,9,13H,8,15H2,1H3. The van der Waals surface area contributed by atoms with Crippen LogP contribution in [0.4, 0.5) is 0 Å². The van der Waals surface area contributed by atoms with Crippen LogP contribution in [-0.2, 0) is 0 Å². The molecule has 2 N–H and O–H groups in total. The van der Waals surface area contributed by atoms with E-state index in [0.717, 1.165) is 22.6 Å². The second kappa shape index (κ2) is 4.31. The molecule has 4 nitrogen and oxygen atoms in total. The Balaban J connectivity index is 2.11. The molecule has 0 radical (unpaired) electrons. The molecular formula is C14H15N3O. The molecule has 2 heterocycles. The van der Waals surface area contributed by atoms with Crippen LogP contribution in [0.5, 0.6) is 0 Å². The van der Waals surface area contributed by atoms with Gasteiger partial charge in [-0.05, 0) is 31.2 Å². The average molecular weight is 241 g/mol. The van der Waals surface area contributed by atoms with Gasteiger partial charge >= 0.3 is 0 Å². The Labute approximate surface area is 105 Å². The lowest BCUT2D eigenvalue weighted by atomic mass is 10.2. The molecule has 0 aliphatic heterocycles. The number of benzene rings is 1. The number of furan rings is 1. The lowest BCUT2D eigenvalue weighted by molar-refractivity contribution is 0.421. The number of nitrogens with two attached hydrogens (primary N) is 1. The lowest BCUT2D eigenvalue weighted by Gasteiger charge is -2.15. The van der Waals surface area contributed by atoms with Crippen molar-refractivity contribution in [3.8, 4) is 0 Å². The van der Waals surface area contributed by atoms with Crippen LogP contribution in [-0.4, -0.2) is 16.1 Å². The van der Waals surface area contributed by atoms with Gasteiger partial charge in [0.05, 0.1) is 17.4 Å². The number of para-hydroxylation sites is 2. The van der Waals surface area contributed by atoms with Gasteiger partial charge in [-0.3, -0.25) is 0 Å². The molecular weight excluding hydrogens is 226 g/mol. The third kappa shape index (κ3) is 1.71. The molecule has 3 rings (SSSR count). The molecule has 0 amide bonds. The number of nitrogens with zero attached hydrogens (tertiary/aromatic N) is 2. The highest BCUT2D eigenvalue weighted by Crippen LogP contribution is 2.24. The number of hydrogen-bond donors (Lipinski definition) is 1. The monoisotopic (exact) mass is 241 g/mol. The molecule has 2 aromatic heterocycles. The molecule has 0 bridgehead atoms. The van der Waals surface area contributed by atoms with E-state index >= 15 is 0 Å². The van der Waals surface area contributed by atoms with Crippen LogP contribution >= 0.6 is 0 Å². The normalized spacial score (nSPS) is 13.0. The Morgan fingerprint density at radius 1 is 1.28 bits per heavy atom. The van der Waals surface area contributed by atoms with E-state index in [9.17, 15) is 0 Å². The van der Waals surface area contributed by atoms with Gasteiger partial charge in [-0.25, -0.2) is 4.98 Å². The van der Waals surface area contributed by atoms with E-state index in [1.165, 1.54) is 0 Å². The molecule has 92 valence electrons. The fourth-order valence-electron chi connectivity index (χ4n) is 2.23. The first kappa shape index (κ1) is 11.0. The molecule has 0 aliphatic carbocycles. The number of fused-ring (bicyclic) bond motifs is 1. The summed E-state index contributed by atoms with van der Waals surface area (Å²) < 4.78 is 7.74. The molecule has 1 aromatic carbocycles. The predicted molar refractivity (Wildman–Crippen MR) is 70.4 cm³/mol. The van der Waals surface area contributed by atoms with Gasteiger partial charge in [-0.2, -0.15) is 0 Å². The van der Waals surface area contributed by atoms with Gasteiger partial charge in [0.15, 0.2) is 0 Å².